The number of rotatable bonds is 6. The number of hydrogen-bond acceptors (Lipinski definition) is 7. The van der Waals surface area contributed by atoms with Crippen LogP contribution < -0.4 is 16.4 Å². The minimum atomic E-state index is -0.561. The fourth-order valence-corrected chi connectivity index (χ4v) is 3.99. The van der Waals surface area contributed by atoms with Crippen LogP contribution in [0, 0.1) is 5.92 Å². The average molecular weight is 377 g/mol. The van der Waals surface area contributed by atoms with Gasteiger partial charge in [-0.15, -0.1) is 0 Å². The Balaban J connectivity index is 1.68. The molecule has 1 aromatic heterocycles. The second kappa shape index (κ2) is 8.84. The number of amides is 1. The van der Waals surface area contributed by atoms with E-state index in [4.69, 9.17) is 10.5 Å². The molecule has 1 aromatic rings. The summed E-state index contributed by atoms with van der Waals surface area (Å²) in [5.74, 6) is 0.670. The molecule has 1 heterocycles. The molecule has 0 spiro atoms. The highest BCUT2D eigenvalue weighted by Gasteiger charge is 2.27. The Morgan fingerprint density at radius 3 is 2.52 bits per heavy atom. The molecule has 0 unspecified atom stereocenters. The third-order valence-electron chi connectivity index (χ3n) is 5.89. The fourth-order valence-electron chi connectivity index (χ4n) is 3.99. The van der Waals surface area contributed by atoms with Crippen LogP contribution in [0.2, 0.25) is 0 Å². The lowest BCUT2D eigenvalue weighted by Crippen LogP contribution is -2.36. The summed E-state index contributed by atoms with van der Waals surface area (Å²) in [6.07, 6.45) is 7.96. The van der Waals surface area contributed by atoms with Gasteiger partial charge in [0.15, 0.2) is 0 Å². The normalized spacial score (nSPS) is 31.3. The summed E-state index contributed by atoms with van der Waals surface area (Å²) in [6, 6.07) is 0.357. The standard InChI is InChI=1S/C19H31N5O3/c1-11-3-4-13(9-16(11)25)22-18-15(17(20)26)10-21-19(24-18)23-12-5-7-14(27-2)8-6-12/h10-14,16,25H,3-9H2,1-2H3,(H2,20,26)(H2,21,22,23,24)/t11-,12?,13+,14?,16-/m0/s1. The third kappa shape index (κ3) is 5.07. The quantitative estimate of drug-likeness (QED) is 0.597. The Labute approximate surface area is 160 Å². The Hall–Kier alpha value is -1.93. The minimum absolute atomic E-state index is 0.0641. The molecule has 0 aliphatic heterocycles. The van der Waals surface area contributed by atoms with Gasteiger partial charge in [-0.1, -0.05) is 6.92 Å². The highest BCUT2D eigenvalue weighted by molar-refractivity contribution is 5.97. The van der Waals surface area contributed by atoms with Crippen molar-refractivity contribution in [2.24, 2.45) is 11.7 Å². The molecule has 0 saturated heterocycles. The fraction of sp³-hybridized carbons (Fsp3) is 0.737. The second-order valence-corrected chi connectivity index (χ2v) is 7.87. The number of aromatic nitrogens is 2. The number of ether oxygens (including phenoxy) is 1. The number of primary amides is 1. The molecule has 8 nitrogen and oxygen atoms in total. The van der Waals surface area contributed by atoms with Crippen molar-refractivity contribution in [1.29, 1.82) is 0 Å². The largest absolute Gasteiger partial charge is 0.393 e. The van der Waals surface area contributed by atoms with E-state index < -0.39 is 5.91 Å². The molecule has 2 saturated carbocycles. The van der Waals surface area contributed by atoms with Gasteiger partial charge < -0.3 is 26.2 Å². The first kappa shape index (κ1) is 19.8. The molecule has 27 heavy (non-hydrogen) atoms. The van der Waals surface area contributed by atoms with E-state index in [9.17, 15) is 9.90 Å². The Kier molecular flexibility index (Phi) is 6.49. The van der Waals surface area contributed by atoms with Gasteiger partial charge in [0.1, 0.15) is 5.82 Å². The zero-order valence-electron chi connectivity index (χ0n) is 16.1. The Morgan fingerprint density at radius 1 is 1.19 bits per heavy atom. The Morgan fingerprint density at radius 2 is 1.89 bits per heavy atom. The summed E-state index contributed by atoms with van der Waals surface area (Å²) in [4.78, 5) is 20.6. The molecule has 2 fully saturated rings. The van der Waals surface area contributed by atoms with E-state index in [2.05, 4.69) is 27.5 Å². The maximum Gasteiger partial charge on any atom is 0.254 e. The van der Waals surface area contributed by atoms with Gasteiger partial charge in [-0.2, -0.15) is 4.98 Å². The van der Waals surface area contributed by atoms with Gasteiger partial charge in [0.05, 0.1) is 17.8 Å². The number of aliphatic hydroxyl groups is 1. The summed E-state index contributed by atoms with van der Waals surface area (Å²) < 4.78 is 5.41. The molecule has 2 aliphatic rings. The molecule has 5 N–H and O–H groups in total. The van der Waals surface area contributed by atoms with Crippen molar-refractivity contribution in [2.45, 2.75) is 76.2 Å². The zero-order chi connectivity index (χ0) is 19.4. The van der Waals surface area contributed by atoms with Crippen molar-refractivity contribution in [1.82, 2.24) is 9.97 Å². The van der Waals surface area contributed by atoms with E-state index >= 15 is 0 Å². The van der Waals surface area contributed by atoms with Crippen LogP contribution >= 0.6 is 0 Å². The van der Waals surface area contributed by atoms with Gasteiger partial charge >= 0.3 is 0 Å². The van der Waals surface area contributed by atoms with E-state index in [1.54, 1.807) is 7.11 Å². The van der Waals surface area contributed by atoms with Crippen LogP contribution in [0.3, 0.4) is 0 Å². The van der Waals surface area contributed by atoms with Crippen LogP contribution in [-0.4, -0.2) is 52.4 Å². The van der Waals surface area contributed by atoms with Crippen molar-refractivity contribution in [3.63, 3.8) is 0 Å². The highest BCUT2D eigenvalue weighted by atomic mass is 16.5. The first-order chi connectivity index (χ1) is 13.0. The van der Waals surface area contributed by atoms with E-state index in [1.807, 2.05) is 0 Å². The predicted molar refractivity (Wildman–Crippen MR) is 104 cm³/mol. The van der Waals surface area contributed by atoms with Crippen LogP contribution in [0.15, 0.2) is 6.20 Å². The first-order valence-corrected chi connectivity index (χ1v) is 9.87. The number of aliphatic hydroxyl groups excluding tert-OH is 1. The van der Waals surface area contributed by atoms with Gasteiger partial charge in [0, 0.05) is 25.4 Å². The average Bonchev–Trinajstić information content (AvgIpc) is 2.65. The van der Waals surface area contributed by atoms with E-state index in [0.29, 0.717) is 36.3 Å². The highest BCUT2D eigenvalue weighted by Crippen LogP contribution is 2.28. The number of carbonyl (C=O) groups is 1. The molecule has 0 bridgehead atoms. The monoisotopic (exact) mass is 377 g/mol. The lowest BCUT2D eigenvalue weighted by molar-refractivity contribution is 0.0681. The molecule has 1 amide bonds. The van der Waals surface area contributed by atoms with Crippen molar-refractivity contribution >= 4 is 17.7 Å². The molecule has 0 aromatic carbocycles. The molecule has 0 radical (unpaired) electrons. The van der Waals surface area contributed by atoms with Crippen LogP contribution in [0.4, 0.5) is 11.8 Å². The van der Waals surface area contributed by atoms with Gasteiger partial charge in [0.2, 0.25) is 5.95 Å². The maximum atomic E-state index is 11.8. The van der Waals surface area contributed by atoms with Gasteiger partial charge in [-0.25, -0.2) is 4.98 Å². The summed E-state index contributed by atoms with van der Waals surface area (Å²) in [5, 5.41) is 16.8. The molecule has 8 heteroatoms. The van der Waals surface area contributed by atoms with Crippen molar-refractivity contribution in [2.75, 3.05) is 17.7 Å². The topological polar surface area (TPSA) is 122 Å². The molecule has 3 atom stereocenters. The van der Waals surface area contributed by atoms with Crippen molar-refractivity contribution in [3.8, 4) is 0 Å². The van der Waals surface area contributed by atoms with Gasteiger partial charge in [-0.3, -0.25) is 4.79 Å². The minimum Gasteiger partial charge on any atom is -0.393 e. The molecule has 3 rings (SSSR count). The third-order valence-corrected chi connectivity index (χ3v) is 5.89. The SMILES string of the molecule is COC1CCC(Nc2ncc(C(N)=O)c(N[C@@H]3CC[C@H](C)[C@@H](O)C3)n2)CC1. The number of methoxy groups -OCH3 is 1. The molecular weight excluding hydrogens is 346 g/mol. The zero-order valence-corrected chi connectivity index (χ0v) is 16.1. The number of nitrogens with zero attached hydrogens (tertiary/aromatic N) is 2. The molecule has 2 aliphatic carbocycles. The predicted octanol–water partition coefficient (Wildman–Crippen LogP) is 1.91. The summed E-state index contributed by atoms with van der Waals surface area (Å²) in [7, 11) is 1.75. The van der Waals surface area contributed by atoms with Crippen LogP contribution in [0.25, 0.3) is 0 Å². The summed E-state index contributed by atoms with van der Waals surface area (Å²) >= 11 is 0. The van der Waals surface area contributed by atoms with E-state index in [-0.39, 0.29) is 17.7 Å². The second-order valence-electron chi connectivity index (χ2n) is 7.87. The summed E-state index contributed by atoms with van der Waals surface area (Å²) in [5.41, 5.74) is 5.77. The van der Waals surface area contributed by atoms with Gasteiger partial charge in [-0.05, 0) is 50.9 Å². The van der Waals surface area contributed by atoms with Crippen molar-refractivity contribution < 1.29 is 14.6 Å². The number of nitrogens with two attached hydrogens (primary N) is 1. The Bertz CT molecular complexity index is 648. The summed E-state index contributed by atoms with van der Waals surface area (Å²) in [6.45, 7) is 2.06. The van der Waals surface area contributed by atoms with Crippen LogP contribution in [0.1, 0.15) is 62.2 Å². The van der Waals surface area contributed by atoms with Crippen LogP contribution in [-0.2, 0) is 4.74 Å². The number of carbonyl (C=O) groups excluding carboxylic acids is 1. The molecule has 150 valence electrons. The van der Waals surface area contributed by atoms with E-state index in [1.165, 1.54) is 6.20 Å². The first-order valence-electron chi connectivity index (χ1n) is 9.87. The lowest BCUT2D eigenvalue weighted by atomic mass is 9.85. The molecular formula is C19H31N5O3. The van der Waals surface area contributed by atoms with Gasteiger partial charge in [0.25, 0.3) is 5.91 Å². The number of hydrogen-bond donors (Lipinski definition) is 4. The van der Waals surface area contributed by atoms with Crippen molar-refractivity contribution in [3.05, 3.63) is 11.8 Å². The number of nitrogens with one attached hydrogen (secondary N) is 2. The smallest absolute Gasteiger partial charge is 0.254 e. The van der Waals surface area contributed by atoms with E-state index in [0.717, 1.165) is 38.5 Å². The lowest BCUT2D eigenvalue weighted by Gasteiger charge is -2.32. The maximum absolute atomic E-state index is 11.8. The number of anilines is 2. The van der Waals surface area contributed by atoms with Crippen LogP contribution in [0.5, 0.6) is 0 Å².